The molecule has 2 rings (SSSR count). The Kier molecular flexibility index (Phi) is 8.21. The van der Waals surface area contributed by atoms with Crippen molar-refractivity contribution in [2.24, 2.45) is 5.92 Å². The monoisotopic (exact) mass is 396 g/mol. The van der Waals surface area contributed by atoms with Gasteiger partial charge in [0.05, 0.1) is 6.54 Å². The molecule has 0 bridgehead atoms. The molecule has 0 spiro atoms. The third-order valence-corrected chi connectivity index (χ3v) is 4.04. The molecule has 0 fully saturated rings. The lowest BCUT2D eigenvalue weighted by atomic mass is 10.2. The number of benzene rings is 2. The quantitative estimate of drug-likeness (QED) is 0.513. The maximum absolute atomic E-state index is 12.2. The number of carbonyl (C=O) groups excluding carboxylic acids is 3. The summed E-state index contributed by atoms with van der Waals surface area (Å²) in [4.78, 5) is 35.6. The Morgan fingerprint density at radius 1 is 0.793 bits per heavy atom. The lowest BCUT2D eigenvalue weighted by Crippen LogP contribution is -2.22. The van der Waals surface area contributed by atoms with Crippen LogP contribution in [0.5, 0.6) is 0 Å². The van der Waals surface area contributed by atoms with E-state index in [-0.39, 0.29) is 30.2 Å². The van der Waals surface area contributed by atoms with Crippen LogP contribution in [-0.4, -0.2) is 24.3 Å². The number of nitrogens with one attached hydrogen (secondary N) is 4. The number of anilines is 4. The topological polar surface area (TPSA) is 99.3 Å². The summed E-state index contributed by atoms with van der Waals surface area (Å²) in [6, 6.07) is 14.2. The number of hydrogen-bond acceptors (Lipinski definition) is 4. The van der Waals surface area contributed by atoms with Crippen LogP contribution in [0.25, 0.3) is 0 Å². The second-order valence-corrected chi connectivity index (χ2v) is 7.00. The molecule has 4 N–H and O–H groups in total. The second-order valence-electron chi connectivity index (χ2n) is 7.00. The SMILES string of the molecule is CCCC(=O)Nc1ccc(NCC(=O)Nc2cccc(NC(=O)C(C)C)c2)cc1. The van der Waals surface area contributed by atoms with E-state index in [0.29, 0.717) is 17.8 Å². The summed E-state index contributed by atoms with van der Waals surface area (Å²) < 4.78 is 0. The van der Waals surface area contributed by atoms with Gasteiger partial charge in [-0.05, 0) is 48.9 Å². The number of hydrogen-bond donors (Lipinski definition) is 4. The van der Waals surface area contributed by atoms with Crippen LogP contribution in [0.3, 0.4) is 0 Å². The third kappa shape index (κ3) is 7.65. The lowest BCUT2D eigenvalue weighted by Gasteiger charge is -2.11. The number of rotatable bonds is 9. The highest BCUT2D eigenvalue weighted by Crippen LogP contribution is 2.17. The largest absolute Gasteiger partial charge is 0.376 e. The Morgan fingerprint density at radius 3 is 2.00 bits per heavy atom. The average molecular weight is 396 g/mol. The number of carbonyl (C=O) groups is 3. The molecule has 7 nitrogen and oxygen atoms in total. The highest BCUT2D eigenvalue weighted by Gasteiger charge is 2.08. The minimum atomic E-state index is -0.210. The maximum atomic E-state index is 12.2. The van der Waals surface area contributed by atoms with Crippen LogP contribution in [0.15, 0.2) is 48.5 Å². The standard InChI is InChI=1S/C22H28N4O3/c1-4-6-20(27)24-17-11-9-16(10-12-17)23-14-21(28)25-18-7-5-8-19(13-18)26-22(29)15(2)3/h5,7-13,15,23H,4,6,14H2,1-3H3,(H,24,27)(H,25,28)(H,26,29). The first-order valence-corrected chi connectivity index (χ1v) is 9.72. The van der Waals surface area contributed by atoms with Crippen molar-refractivity contribution in [2.45, 2.75) is 33.6 Å². The molecule has 0 unspecified atom stereocenters. The van der Waals surface area contributed by atoms with Gasteiger partial charge in [-0.25, -0.2) is 0 Å². The second kappa shape index (κ2) is 10.8. The average Bonchev–Trinajstić information content (AvgIpc) is 2.68. The van der Waals surface area contributed by atoms with Crippen LogP contribution >= 0.6 is 0 Å². The summed E-state index contributed by atoms with van der Waals surface area (Å²) in [5.74, 6) is -0.426. The summed E-state index contributed by atoms with van der Waals surface area (Å²) in [7, 11) is 0. The van der Waals surface area contributed by atoms with Crippen molar-refractivity contribution in [2.75, 3.05) is 27.8 Å². The maximum Gasteiger partial charge on any atom is 0.243 e. The summed E-state index contributed by atoms with van der Waals surface area (Å²) in [5, 5.41) is 11.5. The van der Waals surface area contributed by atoms with E-state index in [2.05, 4.69) is 21.3 Å². The fourth-order valence-corrected chi connectivity index (χ4v) is 2.47. The summed E-state index contributed by atoms with van der Waals surface area (Å²) >= 11 is 0. The molecule has 2 aromatic carbocycles. The van der Waals surface area contributed by atoms with Gasteiger partial charge in [0.2, 0.25) is 17.7 Å². The minimum absolute atomic E-state index is 0.0144. The van der Waals surface area contributed by atoms with Crippen LogP contribution in [0.1, 0.15) is 33.6 Å². The molecule has 0 radical (unpaired) electrons. The first-order valence-electron chi connectivity index (χ1n) is 9.72. The smallest absolute Gasteiger partial charge is 0.243 e. The minimum Gasteiger partial charge on any atom is -0.376 e. The van der Waals surface area contributed by atoms with Crippen molar-refractivity contribution < 1.29 is 14.4 Å². The third-order valence-electron chi connectivity index (χ3n) is 4.04. The van der Waals surface area contributed by atoms with E-state index >= 15 is 0 Å². The predicted molar refractivity (Wildman–Crippen MR) is 117 cm³/mol. The van der Waals surface area contributed by atoms with Crippen LogP contribution in [0.2, 0.25) is 0 Å². The first kappa shape index (κ1) is 21.9. The van der Waals surface area contributed by atoms with Crippen LogP contribution < -0.4 is 21.3 Å². The molecule has 0 heterocycles. The van der Waals surface area contributed by atoms with E-state index < -0.39 is 0 Å². The Bertz CT molecular complexity index is 847. The normalized spacial score (nSPS) is 10.3. The van der Waals surface area contributed by atoms with Crippen LogP contribution in [-0.2, 0) is 14.4 Å². The van der Waals surface area contributed by atoms with Gasteiger partial charge in [0.1, 0.15) is 0 Å². The van der Waals surface area contributed by atoms with E-state index in [0.717, 1.165) is 17.8 Å². The van der Waals surface area contributed by atoms with Crippen molar-refractivity contribution in [3.8, 4) is 0 Å². The van der Waals surface area contributed by atoms with Crippen LogP contribution in [0.4, 0.5) is 22.7 Å². The zero-order valence-corrected chi connectivity index (χ0v) is 17.0. The Labute approximate surface area is 171 Å². The summed E-state index contributed by atoms with van der Waals surface area (Å²) in [6.07, 6.45) is 1.29. The van der Waals surface area contributed by atoms with Gasteiger partial charge in [-0.15, -0.1) is 0 Å². The molecule has 0 aliphatic rings. The Morgan fingerprint density at radius 2 is 1.38 bits per heavy atom. The van der Waals surface area contributed by atoms with Crippen molar-refractivity contribution in [1.82, 2.24) is 0 Å². The van der Waals surface area contributed by atoms with Gasteiger partial charge >= 0.3 is 0 Å². The van der Waals surface area contributed by atoms with Gasteiger partial charge < -0.3 is 21.3 Å². The van der Waals surface area contributed by atoms with E-state index in [1.165, 1.54) is 0 Å². The van der Waals surface area contributed by atoms with E-state index in [4.69, 9.17) is 0 Å². The Hall–Kier alpha value is -3.35. The molecular weight excluding hydrogens is 368 g/mol. The molecule has 154 valence electrons. The summed E-state index contributed by atoms with van der Waals surface area (Å²) in [6.45, 7) is 5.68. The molecule has 0 aliphatic heterocycles. The van der Waals surface area contributed by atoms with Gasteiger partial charge in [0.15, 0.2) is 0 Å². The molecular formula is C22H28N4O3. The predicted octanol–water partition coefficient (Wildman–Crippen LogP) is 4.07. The number of amides is 3. The fraction of sp³-hybridized carbons (Fsp3) is 0.318. The van der Waals surface area contributed by atoms with E-state index in [1.807, 2.05) is 20.8 Å². The first-order chi connectivity index (χ1) is 13.9. The molecule has 0 saturated carbocycles. The van der Waals surface area contributed by atoms with Crippen LogP contribution in [0, 0.1) is 5.92 Å². The zero-order valence-electron chi connectivity index (χ0n) is 17.0. The molecule has 7 heteroatoms. The van der Waals surface area contributed by atoms with Gasteiger partial charge in [-0.3, -0.25) is 14.4 Å². The summed E-state index contributed by atoms with van der Waals surface area (Å²) in [5.41, 5.74) is 2.73. The zero-order chi connectivity index (χ0) is 21.2. The lowest BCUT2D eigenvalue weighted by molar-refractivity contribution is -0.119. The van der Waals surface area contributed by atoms with Gasteiger partial charge in [0, 0.05) is 35.1 Å². The van der Waals surface area contributed by atoms with Gasteiger partial charge in [-0.2, -0.15) is 0 Å². The highest BCUT2D eigenvalue weighted by molar-refractivity contribution is 5.96. The molecule has 0 aliphatic carbocycles. The van der Waals surface area contributed by atoms with E-state index in [1.54, 1.807) is 48.5 Å². The molecule has 0 saturated heterocycles. The fourth-order valence-electron chi connectivity index (χ4n) is 2.47. The molecule has 2 aromatic rings. The molecule has 29 heavy (non-hydrogen) atoms. The van der Waals surface area contributed by atoms with Gasteiger partial charge in [-0.1, -0.05) is 26.8 Å². The molecule has 0 aromatic heterocycles. The van der Waals surface area contributed by atoms with Crippen molar-refractivity contribution in [3.63, 3.8) is 0 Å². The molecule has 3 amide bonds. The van der Waals surface area contributed by atoms with Crippen molar-refractivity contribution >= 4 is 40.5 Å². The van der Waals surface area contributed by atoms with Crippen molar-refractivity contribution in [1.29, 1.82) is 0 Å². The highest BCUT2D eigenvalue weighted by atomic mass is 16.2. The van der Waals surface area contributed by atoms with E-state index in [9.17, 15) is 14.4 Å². The molecule has 0 atom stereocenters. The van der Waals surface area contributed by atoms with Gasteiger partial charge in [0.25, 0.3) is 0 Å². The van der Waals surface area contributed by atoms with Crippen molar-refractivity contribution in [3.05, 3.63) is 48.5 Å². The Balaban J connectivity index is 1.84.